The van der Waals surface area contributed by atoms with Crippen molar-refractivity contribution in [2.45, 2.75) is 32.7 Å². The number of amides is 2. The molecule has 0 fully saturated rings. The van der Waals surface area contributed by atoms with Crippen molar-refractivity contribution in [2.75, 3.05) is 5.32 Å². The van der Waals surface area contributed by atoms with Gasteiger partial charge < -0.3 is 10.6 Å². The number of nitrogens with zero attached hydrogens (tertiary/aromatic N) is 3. The van der Waals surface area contributed by atoms with Gasteiger partial charge in [0.25, 0.3) is 0 Å². The fourth-order valence-corrected chi connectivity index (χ4v) is 4.18. The Morgan fingerprint density at radius 3 is 2.58 bits per heavy atom. The molecule has 0 radical (unpaired) electrons. The predicted octanol–water partition coefficient (Wildman–Crippen LogP) is 4.76. The largest absolute Gasteiger partial charge is 0.350 e. The summed E-state index contributed by atoms with van der Waals surface area (Å²) in [4.78, 5) is 28.2. The molecule has 2 aromatic heterocycles. The van der Waals surface area contributed by atoms with Gasteiger partial charge in [-0.05, 0) is 36.6 Å². The van der Waals surface area contributed by atoms with Crippen LogP contribution < -0.4 is 10.6 Å². The van der Waals surface area contributed by atoms with Gasteiger partial charge in [-0.25, -0.2) is 9.67 Å². The molecule has 8 heteroatoms. The van der Waals surface area contributed by atoms with Crippen LogP contribution in [0.5, 0.6) is 0 Å². The molecule has 168 valence electrons. The van der Waals surface area contributed by atoms with Gasteiger partial charge in [0.2, 0.25) is 11.8 Å². The number of nitrogens with one attached hydrogen (secondary N) is 2. The van der Waals surface area contributed by atoms with Crippen molar-refractivity contribution in [1.82, 2.24) is 20.1 Å². The molecule has 0 aliphatic heterocycles. The normalized spacial score (nSPS) is 11.7. The van der Waals surface area contributed by atoms with E-state index < -0.39 is 0 Å². The molecule has 0 saturated carbocycles. The van der Waals surface area contributed by atoms with Crippen molar-refractivity contribution in [2.24, 2.45) is 0 Å². The Hall–Kier alpha value is -3.78. The monoisotopic (exact) mass is 459 g/mol. The second kappa shape index (κ2) is 10.2. The molecule has 0 bridgehead atoms. The lowest BCUT2D eigenvalue weighted by Crippen LogP contribution is -2.23. The van der Waals surface area contributed by atoms with Crippen molar-refractivity contribution in [3.63, 3.8) is 0 Å². The van der Waals surface area contributed by atoms with Crippen LogP contribution in [0, 0.1) is 0 Å². The topological polar surface area (TPSA) is 88.9 Å². The summed E-state index contributed by atoms with van der Waals surface area (Å²) in [7, 11) is 0. The zero-order chi connectivity index (χ0) is 23.2. The van der Waals surface area contributed by atoms with Gasteiger partial charge in [-0.2, -0.15) is 5.10 Å². The molecule has 1 atom stereocenters. The highest BCUT2D eigenvalue weighted by Crippen LogP contribution is 2.26. The van der Waals surface area contributed by atoms with Crippen LogP contribution in [0.3, 0.4) is 0 Å². The van der Waals surface area contributed by atoms with Crippen molar-refractivity contribution >= 4 is 28.3 Å². The zero-order valence-corrected chi connectivity index (χ0v) is 19.3. The quantitative estimate of drug-likeness (QED) is 0.397. The van der Waals surface area contributed by atoms with Crippen molar-refractivity contribution in [1.29, 1.82) is 0 Å². The number of thiazole rings is 1. The van der Waals surface area contributed by atoms with Gasteiger partial charge in [-0.1, -0.05) is 42.5 Å². The lowest BCUT2D eigenvalue weighted by atomic mass is 10.1. The van der Waals surface area contributed by atoms with Crippen molar-refractivity contribution < 1.29 is 9.59 Å². The van der Waals surface area contributed by atoms with Crippen LogP contribution in [0.2, 0.25) is 0 Å². The maximum absolute atomic E-state index is 12.4. The van der Waals surface area contributed by atoms with Gasteiger partial charge in [0, 0.05) is 30.5 Å². The summed E-state index contributed by atoms with van der Waals surface area (Å²) in [5, 5.41) is 12.6. The van der Waals surface area contributed by atoms with Crippen LogP contribution in [0.4, 0.5) is 5.13 Å². The highest BCUT2D eigenvalue weighted by molar-refractivity contribution is 7.14. The van der Waals surface area contributed by atoms with E-state index in [1.807, 2.05) is 77.8 Å². The fourth-order valence-electron chi connectivity index (χ4n) is 3.45. The lowest BCUT2D eigenvalue weighted by Gasteiger charge is -2.13. The number of hydrogen-bond acceptors (Lipinski definition) is 5. The van der Waals surface area contributed by atoms with Gasteiger partial charge in [0.1, 0.15) is 0 Å². The lowest BCUT2D eigenvalue weighted by molar-refractivity contribution is -0.119. The second-order valence-electron chi connectivity index (χ2n) is 7.76. The van der Waals surface area contributed by atoms with Crippen molar-refractivity contribution in [3.8, 4) is 16.9 Å². The second-order valence-corrected chi connectivity index (χ2v) is 8.62. The molecule has 0 aliphatic rings. The average molecular weight is 460 g/mol. The molecule has 2 N–H and O–H groups in total. The minimum atomic E-state index is -0.0807. The third kappa shape index (κ3) is 5.93. The number of benzene rings is 2. The summed E-state index contributed by atoms with van der Waals surface area (Å²) in [5.74, 6) is -0.140. The van der Waals surface area contributed by atoms with Gasteiger partial charge in [0.05, 0.1) is 23.6 Å². The molecular weight excluding hydrogens is 434 g/mol. The summed E-state index contributed by atoms with van der Waals surface area (Å²) in [5.41, 5.74) is 4.77. The molecule has 2 heterocycles. The van der Waals surface area contributed by atoms with E-state index in [1.165, 1.54) is 18.3 Å². The number of carbonyl (C=O) groups is 2. The molecule has 2 amide bonds. The SMILES string of the molecule is CC(=O)NC(C)c1ccc(-c2csc(NC(=O)CCc3cnn(-c4ccccc4)c3)n2)cc1. The first-order chi connectivity index (χ1) is 16.0. The standard InChI is InChI=1S/C25H25N5O2S/c1-17(27-18(2)31)20-9-11-21(12-10-20)23-16-33-25(28-23)29-24(32)13-8-19-14-26-30(15-19)22-6-4-3-5-7-22/h3-7,9-12,14-17H,8,13H2,1-2H3,(H,27,31)(H,28,29,32). The van der Waals surface area contributed by atoms with Gasteiger partial charge >= 0.3 is 0 Å². The summed E-state index contributed by atoms with van der Waals surface area (Å²) in [6.45, 7) is 3.45. The Morgan fingerprint density at radius 1 is 1.09 bits per heavy atom. The molecule has 0 saturated heterocycles. The number of carbonyl (C=O) groups excluding carboxylic acids is 2. The van der Waals surface area contributed by atoms with Crippen molar-refractivity contribution in [3.05, 3.63) is 83.5 Å². The van der Waals surface area contributed by atoms with Gasteiger partial charge in [-0.15, -0.1) is 11.3 Å². The predicted molar refractivity (Wildman–Crippen MR) is 130 cm³/mol. The number of aryl methyl sites for hydroxylation is 1. The van der Waals surface area contributed by atoms with E-state index in [9.17, 15) is 9.59 Å². The molecule has 0 aliphatic carbocycles. The molecule has 4 rings (SSSR count). The number of aromatic nitrogens is 3. The van der Waals surface area contributed by atoms with E-state index >= 15 is 0 Å². The number of anilines is 1. The molecular formula is C25H25N5O2S. The average Bonchev–Trinajstić information content (AvgIpc) is 3.48. The van der Waals surface area contributed by atoms with E-state index in [4.69, 9.17) is 0 Å². The first-order valence-corrected chi connectivity index (χ1v) is 11.6. The Balaban J connectivity index is 1.31. The maximum atomic E-state index is 12.4. The van der Waals surface area contributed by atoms with Crippen LogP contribution >= 0.6 is 11.3 Å². The maximum Gasteiger partial charge on any atom is 0.226 e. The summed E-state index contributed by atoms with van der Waals surface area (Å²) < 4.78 is 1.81. The number of para-hydroxylation sites is 1. The Labute approximate surface area is 196 Å². The van der Waals surface area contributed by atoms with Crippen LogP contribution in [-0.4, -0.2) is 26.6 Å². The minimum absolute atomic E-state index is 0.0540. The van der Waals surface area contributed by atoms with Gasteiger partial charge in [-0.3, -0.25) is 9.59 Å². The molecule has 4 aromatic rings. The summed E-state index contributed by atoms with van der Waals surface area (Å²) in [6.07, 6.45) is 4.69. The summed E-state index contributed by atoms with van der Waals surface area (Å²) >= 11 is 1.40. The fraction of sp³-hybridized carbons (Fsp3) is 0.200. The Bertz CT molecular complexity index is 1230. The molecule has 0 spiro atoms. The van der Waals surface area contributed by atoms with E-state index in [2.05, 4.69) is 20.7 Å². The van der Waals surface area contributed by atoms with Crippen LogP contribution in [0.1, 0.15) is 37.4 Å². The third-order valence-electron chi connectivity index (χ3n) is 5.17. The number of hydrogen-bond donors (Lipinski definition) is 2. The number of rotatable bonds is 8. The van der Waals surface area contributed by atoms with E-state index in [-0.39, 0.29) is 17.9 Å². The summed E-state index contributed by atoms with van der Waals surface area (Å²) in [6, 6.07) is 17.7. The first kappa shape index (κ1) is 22.4. The van der Waals surface area contributed by atoms with Crippen LogP contribution in [0.15, 0.2) is 72.4 Å². The van der Waals surface area contributed by atoms with E-state index in [0.717, 1.165) is 28.1 Å². The highest BCUT2D eigenvalue weighted by atomic mass is 32.1. The third-order valence-corrected chi connectivity index (χ3v) is 5.93. The van der Waals surface area contributed by atoms with E-state index in [1.54, 1.807) is 6.20 Å². The zero-order valence-electron chi connectivity index (χ0n) is 18.5. The van der Waals surface area contributed by atoms with Gasteiger partial charge in [0.15, 0.2) is 5.13 Å². The molecule has 1 unspecified atom stereocenters. The molecule has 7 nitrogen and oxygen atoms in total. The van der Waals surface area contributed by atoms with E-state index in [0.29, 0.717) is 18.0 Å². The minimum Gasteiger partial charge on any atom is -0.350 e. The Morgan fingerprint density at radius 2 is 1.85 bits per heavy atom. The Kier molecular flexibility index (Phi) is 6.95. The van der Waals surface area contributed by atoms with Crippen LogP contribution in [-0.2, 0) is 16.0 Å². The smallest absolute Gasteiger partial charge is 0.226 e. The molecule has 2 aromatic carbocycles. The molecule has 33 heavy (non-hydrogen) atoms. The van der Waals surface area contributed by atoms with Crippen LogP contribution in [0.25, 0.3) is 16.9 Å². The first-order valence-electron chi connectivity index (χ1n) is 10.7. The highest BCUT2D eigenvalue weighted by Gasteiger charge is 2.11.